The third-order valence-corrected chi connectivity index (χ3v) is 6.72. The van der Waals surface area contributed by atoms with E-state index in [4.69, 9.17) is 4.74 Å². The molecular weight excluding hydrogens is 450 g/mol. The number of nitrogens with one attached hydrogen (secondary N) is 2. The molecule has 0 unspecified atom stereocenters. The molecule has 0 saturated carbocycles. The van der Waals surface area contributed by atoms with Crippen LogP contribution >= 0.6 is 0 Å². The van der Waals surface area contributed by atoms with Gasteiger partial charge in [-0.05, 0) is 66.6 Å². The minimum atomic E-state index is -0.129. The smallest absolute Gasteiger partial charge is 0.253 e. The highest BCUT2D eigenvalue weighted by Gasteiger charge is 2.22. The number of ether oxygens (including phenoxy) is 1. The standard InChI is InChI=1S/C30H35N3O3/c1-22-15-18-33(19-16-22)28-13-10-25(32-29(34)20-24-8-11-26(36-2)12-9-24)21-27(28)30(35)31-17-14-23-6-4-3-5-7-23/h3-13,21-22H,14-20H2,1-2H3,(H,31,35)(H,32,34). The van der Waals surface area contributed by atoms with Crippen LogP contribution < -0.4 is 20.3 Å². The van der Waals surface area contributed by atoms with Gasteiger partial charge in [0.2, 0.25) is 5.91 Å². The minimum Gasteiger partial charge on any atom is -0.497 e. The first-order chi connectivity index (χ1) is 17.5. The third kappa shape index (κ3) is 6.87. The number of anilines is 2. The molecule has 36 heavy (non-hydrogen) atoms. The molecule has 1 aliphatic heterocycles. The molecular formula is C30H35N3O3. The van der Waals surface area contributed by atoms with Crippen molar-refractivity contribution in [2.75, 3.05) is 37.0 Å². The number of piperidine rings is 1. The summed E-state index contributed by atoms with van der Waals surface area (Å²) in [5.74, 6) is 1.20. The van der Waals surface area contributed by atoms with E-state index in [-0.39, 0.29) is 18.2 Å². The molecule has 1 heterocycles. The van der Waals surface area contributed by atoms with Crippen LogP contribution in [0.1, 0.15) is 41.3 Å². The number of methoxy groups -OCH3 is 1. The Morgan fingerprint density at radius 3 is 2.36 bits per heavy atom. The first-order valence-electron chi connectivity index (χ1n) is 12.7. The number of amides is 2. The largest absolute Gasteiger partial charge is 0.497 e. The summed E-state index contributed by atoms with van der Waals surface area (Å²) in [7, 11) is 1.62. The van der Waals surface area contributed by atoms with Gasteiger partial charge in [-0.15, -0.1) is 0 Å². The Balaban J connectivity index is 1.46. The molecule has 6 heteroatoms. The number of rotatable bonds is 9. The van der Waals surface area contributed by atoms with Crippen LogP contribution in [-0.2, 0) is 17.6 Å². The number of benzene rings is 3. The van der Waals surface area contributed by atoms with E-state index < -0.39 is 0 Å². The van der Waals surface area contributed by atoms with E-state index in [1.807, 2.05) is 54.6 Å². The topological polar surface area (TPSA) is 70.7 Å². The molecule has 1 saturated heterocycles. The van der Waals surface area contributed by atoms with Crippen LogP contribution in [0.4, 0.5) is 11.4 Å². The second kappa shape index (κ2) is 12.2. The number of carbonyl (C=O) groups excluding carboxylic acids is 2. The van der Waals surface area contributed by atoms with Gasteiger partial charge in [0.25, 0.3) is 5.91 Å². The number of hydrogen-bond acceptors (Lipinski definition) is 4. The third-order valence-electron chi connectivity index (χ3n) is 6.72. The zero-order chi connectivity index (χ0) is 25.3. The van der Waals surface area contributed by atoms with E-state index >= 15 is 0 Å². The van der Waals surface area contributed by atoms with Crippen molar-refractivity contribution >= 4 is 23.2 Å². The summed E-state index contributed by atoms with van der Waals surface area (Å²) in [6.07, 6.45) is 3.22. The summed E-state index contributed by atoms with van der Waals surface area (Å²) < 4.78 is 5.18. The van der Waals surface area contributed by atoms with Crippen LogP contribution in [0.15, 0.2) is 72.8 Å². The van der Waals surface area contributed by atoms with Gasteiger partial charge in [0.05, 0.1) is 19.1 Å². The lowest BCUT2D eigenvalue weighted by molar-refractivity contribution is -0.115. The average molecular weight is 486 g/mol. The molecule has 3 aromatic rings. The second-order valence-corrected chi connectivity index (χ2v) is 9.47. The predicted molar refractivity (Wildman–Crippen MR) is 145 cm³/mol. The summed E-state index contributed by atoms with van der Waals surface area (Å²) in [6, 6.07) is 23.2. The number of nitrogens with zero attached hydrogens (tertiary/aromatic N) is 1. The maximum Gasteiger partial charge on any atom is 0.253 e. The lowest BCUT2D eigenvalue weighted by Crippen LogP contribution is -2.35. The van der Waals surface area contributed by atoms with Crippen molar-refractivity contribution in [1.82, 2.24) is 5.32 Å². The molecule has 0 atom stereocenters. The molecule has 0 bridgehead atoms. The van der Waals surface area contributed by atoms with E-state index in [0.717, 1.165) is 49.4 Å². The van der Waals surface area contributed by atoms with Crippen molar-refractivity contribution in [3.8, 4) is 5.75 Å². The zero-order valence-electron chi connectivity index (χ0n) is 21.1. The van der Waals surface area contributed by atoms with E-state index in [0.29, 0.717) is 23.7 Å². The second-order valence-electron chi connectivity index (χ2n) is 9.47. The van der Waals surface area contributed by atoms with Crippen LogP contribution in [0.3, 0.4) is 0 Å². The molecule has 1 fully saturated rings. The molecule has 0 radical (unpaired) electrons. The van der Waals surface area contributed by atoms with E-state index in [1.54, 1.807) is 13.2 Å². The van der Waals surface area contributed by atoms with Crippen LogP contribution in [-0.4, -0.2) is 38.6 Å². The first kappa shape index (κ1) is 25.3. The molecule has 1 aliphatic rings. The summed E-state index contributed by atoms with van der Waals surface area (Å²) in [6.45, 7) is 4.67. The van der Waals surface area contributed by atoms with Gasteiger partial charge in [0.15, 0.2) is 0 Å². The summed E-state index contributed by atoms with van der Waals surface area (Å²) in [5.41, 5.74) is 4.22. The van der Waals surface area contributed by atoms with Crippen molar-refractivity contribution in [3.05, 3.63) is 89.5 Å². The summed E-state index contributed by atoms with van der Waals surface area (Å²) in [4.78, 5) is 28.3. The zero-order valence-corrected chi connectivity index (χ0v) is 21.1. The normalized spacial score (nSPS) is 13.8. The molecule has 2 amide bonds. The highest BCUT2D eigenvalue weighted by atomic mass is 16.5. The van der Waals surface area contributed by atoms with Crippen LogP contribution in [0.25, 0.3) is 0 Å². The molecule has 2 N–H and O–H groups in total. The van der Waals surface area contributed by atoms with Crippen molar-refractivity contribution in [2.45, 2.75) is 32.6 Å². The van der Waals surface area contributed by atoms with Crippen LogP contribution in [0, 0.1) is 5.92 Å². The summed E-state index contributed by atoms with van der Waals surface area (Å²) >= 11 is 0. The molecule has 0 spiro atoms. The van der Waals surface area contributed by atoms with Crippen LogP contribution in [0.5, 0.6) is 5.75 Å². The molecule has 188 valence electrons. The Bertz CT molecular complexity index is 1150. The van der Waals surface area contributed by atoms with Crippen LogP contribution in [0.2, 0.25) is 0 Å². The van der Waals surface area contributed by atoms with Crippen molar-refractivity contribution in [1.29, 1.82) is 0 Å². The van der Waals surface area contributed by atoms with Crippen molar-refractivity contribution in [3.63, 3.8) is 0 Å². The Hall–Kier alpha value is -3.80. The highest BCUT2D eigenvalue weighted by Crippen LogP contribution is 2.29. The fourth-order valence-electron chi connectivity index (χ4n) is 4.52. The predicted octanol–water partition coefficient (Wildman–Crippen LogP) is 5.09. The molecule has 0 aromatic heterocycles. The average Bonchev–Trinajstić information content (AvgIpc) is 2.90. The van der Waals surface area contributed by atoms with Crippen molar-refractivity contribution in [2.24, 2.45) is 5.92 Å². The summed E-state index contributed by atoms with van der Waals surface area (Å²) in [5, 5.41) is 6.04. The number of hydrogen-bond donors (Lipinski definition) is 2. The molecule has 6 nitrogen and oxygen atoms in total. The van der Waals surface area contributed by atoms with Crippen molar-refractivity contribution < 1.29 is 14.3 Å². The van der Waals surface area contributed by atoms with Gasteiger partial charge in [-0.25, -0.2) is 0 Å². The SMILES string of the molecule is COc1ccc(CC(=O)Nc2ccc(N3CCC(C)CC3)c(C(=O)NCCc3ccccc3)c2)cc1. The number of carbonyl (C=O) groups is 2. The van der Waals surface area contributed by atoms with E-state index in [9.17, 15) is 9.59 Å². The lowest BCUT2D eigenvalue weighted by Gasteiger charge is -2.33. The van der Waals surface area contributed by atoms with Gasteiger partial charge < -0.3 is 20.3 Å². The maximum absolute atomic E-state index is 13.3. The van der Waals surface area contributed by atoms with Gasteiger partial charge in [-0.3, -0.25) is 9.59 Å². The van der Waals surface area contributed by atoms with E-state index in [2.05, 4.69) is 34.6 Å². The van der Waals surface area contributed by atoms with Gasteiger partial charge in [-0.2, -0.15) is 0 Å². The lowest BCUT2D eigenvalue weighted by atomic mass is 9.97. The first-order valence-corrected chi connectivity index (χ1v) is 12.7. The van der Waals surface area contributed by atoms with Gasteiger partial charge >= 0.3 is 0 Å². The Morgan fingerprint density at radius 1 is 0.944 bits per heavy atom. The fraction of sp³-hybridized carbons (Fsp3) is 0.333. The van der Waals surface area contributed by atoms with Gasteiger partial charge in [0, 0.05) is 31.0 Å². The Kier molecular flexibility index (Phi) is 8.61. The Morgan fingerprint density at radius 2 is 1.67 bits per heavy atom. The molecule has 3 aromatic carbocycles. The quantitative estimate of drug-likeness (QED) is 0.443. The maximum atomic E-state index is 13.3. The van der Waals surface area contributed by atoms with E-state index in [1.165, 1.54) is 5.56 Å². The van der Waals surface area contributed by atoms with Gasteiger partial charge in [-0.1, -0.05) is 49.4 Å². The fourth-order valence-corrected chi connectivity index (χ4v) is 4.52. The monoisotopic (exact) mass is 485 g/mol. The van der Waals surface area contributed by atoms with Gasteiger partial charge in [0.1, 0.15) is 5.75 Å². The molecule has 0 aliphatic carbocycles. The highest BCUT2D eigenvalue weighted by molar-refractivity contribution is 6.02. The Labute approximate surface area is 213 Å². The molecule has 4 rings (SSSR count). The minimum absolute atomic E-state index is 0.120.